The summed E-state index contributed by atoms with van der Waals surface area (Å²) in [5.74, 6) is -1.13. The van der Waals surface area contributed by atoms with E-state index in [0.717, 1.165) is 0 Å². The van der Waals surface area contributed by atoms with Crippen LogP contribution in [0.15, 0.2) is 18.2 Å². The monoisotopic (exact) mass is 248 g/mol. The van der Waals surface area contributed by atoms with Gasteiger partial charge in [0.1, 0.15) is 5.69 Å². The lowest BCUT2D eigenvalue weighted by Gasteiger charge is -2.27. The van der Waals surface area contributed by atoms with Crippen molar-refractivity contribution < 1.29 is 23.2 Å². The third-order valence-corrected chi connectivity index (χ3v) is 3.12. The largest absolute Gasteiger partial charge is 0.504 e. The van der Waals surface area contributed by atoms with Gasteiger partial charge in [-0.05, 0) is 6.07 Å². The minimum atomic E-state index is -4.12. The number of quaternary nitrogens is 1. The number of rotatable bonds is 3. The molecule has 0 bridgehead atoms. The van der Waals surface area contributed by atoms with Gasteiger partial charge < -0.3 is 10.2 Å². The molecule has 1 aromatic rings. The highest BCUT2D eigenvalue weighted by atomic mass is 32.2. The number of hydrogen-bond acceptors (Lipinski definition) is 4. The van der Waals surface area contributed by atoms with Crippen LogP contribution in [0.5, 0.6) is 11.5 Å². The Kier molecular flexibility index (Phi) is 3.13. The predicted molar refractivity (Wildman–Crippen MR) is 59.8 cm³/mol. The minimum Gasteiger partial charge on any atom is -0.504 e. The molecule has 90 valence electrons. The maximum Gasteiger partial charge on any atom is 0.316 e. The van der Waals surface area contributed by atoms with Gasteiger partial charge in [-0.3, -0.25) is 9.04 Å². The van der Waals surface area contributed by atoms with Crippen molar-refractivity contribution in [3.05, 3.63) is 18.2 Å². The molecule has 16 heavy (non-hydrogen) atoms. The molecule has 0 saturated carbocycles. The smallest absolute Gasteiger partial charge is 0.316 e. The molecule has 1 aromatic carbocycles. The summed E-state index contributed by atoms with van der Waals surface area (Å²) in [6.07, 6.45) is 0. The first-order valence-electron chi connectivity index (χ1n) is 4.42. The van der Waals surface area contributed by atoms with Crippen LogP contribution in [-0.4, -0.2) is 43.2 Å². The fourth-order valence-electron chi connectivity index (χ4n) is 1.37. The van der Waals surface area contributed by atoms with Crippen molar-refractivity contribution in [2.75, 3.05) is 20.0 Å². The topological polar surface area (TPSA) is 94.8 Å². The summed E-state index contributed by atoms with van der Waals surface area (Å²) in [6, 6.07) is 3.98. The van der Waals surface area contributed by atoms with Crippen molar-refractivity contribution in [2.45, 2.75) is 0 Å². The maximum absolute atomic E-state index is 10.8. The molecule has 0 aliphatic carbocycles. The fraction of sp³-hybridized carbons (Fsp3) is 0.333. The zero-order chi connectivity index (χ0) is 12.6. The average molecular weight is 248 g/mol. The number of aromatic hydroxyl groups is 2. The van der Waals surface area contributed by atoms with E-state index in [1.165, 1.54) is 18.2 Å². The molecule has 0 fully saturated rings. The van der Waals surface area contributed by atoms with Crippen molar-refractivity contribution in [2.24, 2.45) is 0 Å². The van der Waals surface area contributed by atoms with E-state index in [-0.39, 0.29) is 16.0 Å². The number of hydrogen-bond donors (Lipinski definition) is 3. The summed E-state index contributed by atoms with van der Waals surface area (Å²) < 4.78 is 30.2. The van der Waals surface area contributed by atoms with Gasteiger partial charge in [-0.25, -0.2) is 0 Å². The highest BCUT2D eigenvalue weighted by Gasteiger charge is 2.26. The molecule has 0 atom stereocenters. The lowest BCUT2D eigenvalue weighted by Crippen LogP contribution is -2.44. The molecule has 0 aromatic heterocycles. The molecular formula is C9H14NO5S+. The second kappa shape index (κ2) is 3.93. The zero-order valence-corrected chi connectivity index (χ0v) is 9.77. The molecule has 6 nitrogen and oxygen atoms in total. The van der Waals surface area contributed by atoms with Gasteiger partial charge in [-0.15, -0.1) is 0 Å². The van der Waals surface area contributed by atoms with Gasteiger partial charge in [-0.1, -0.05) is 0 Å². The number of phenolic OH excluding ortho intramolecular Hbond substituents is 2. The molecule has 0 saturated heterocycles. The van der Waals surface area contributed by atoms with E-state index in [4.69, 9.17) is 9.66 Å². The van der Waals surface area contributed by atoms with Crippen molar-refractivity contribution in [1.29, 1.82) is 0 Å². The first-order valence-corrected chi connectivity index (χ1v) is 6.03. The van der Waals surface area contributed by atoms with Gasteiger partial charge >= 0.3 is 10.1 Å². The van der Waals surface area contributed by atoms with Crippen LogP contribution in [0.25, 0.3) is 0 Å². The van der Waals surface area contributed by atoms with Crippen LogP contribution in [-0.2, 0) is 10.1 Å². The Morgan fingerprint density at radius 3 is 2.19 bits per heavy atom. The van der Waals surface area contributed by atoms with Crippen LogP contribution in [0.3, 0.4) is 0 Å². The maximum atomic E-state index is 10.8. The van der Waals surface area contributed by atoms with Crippen molar-refractivity contribution >= 4 is 15.8 Å². The summed E-state index contributed by atoms with van der Waals surface area (Å²) >= 11 is 0. The Morgan fingerprint density at radius 1 is 1.19 bits per heavy atom. The number of nitrogens with zero attached hydrogens (tertiary/aromatic N) is 1. The molecule has 3 N–H and O–H groups in total. The molecule has 0 heterocycles. The van der Waals surface area contributed by atoms with Crippen molar-refractivity contribution in [3.63, 3.8) is 0 Å². The zero-order valence-electron chi connectivity index (χ0n) is 8.95. The van der Waals surface area contributed by atoms with Crippen LogP contribution >= 0.6 is 0 Å². The Labute approximate surface area is 93.7 Å². The molecule has 1 rings (SSSR count). The molecule has 0 amide bonds. The van der Waals surface area contributed by atoms with Crippen LogP contribution in [0.2, 0.25) is 0 Å². The normalized spacial score (nSPS) is 12.7. The minimum absolute atomic E-state index is 0.160. The lowest BCUT2D eigenvalue weighted by atomic mass is 10.2. The first-order chi connectivity index (χ1) is 7.12. The number of phenols is 2. The number of benzene rings is 1. The van der Waals surface area contributed by atoms with Crippen molar-refractivity contribution in [1.82, 2.24) is 4.48 Å². The van der Waals surface area contributed by atoms with Gasteiger partial charge in [0.2, 0.25) is 5.88 Å². The predicted octanol–water partition coefficient (Wildman–Crippen LogP) is 0.510. The highest BCUT2D eigenvalue weighted by molar-refractivity contribution is 7.85. The summed E-state index contributed by atoms with van der Waals surface area (Å²) in [7, 11) is -1.01. The van der Waals surface area contributed by atoms with Crippen molar-refractivity contribution in [3.8, 4) is 11.5 Å². The Balaban J connectivity index is 3.12. The van der Waals surface area contributed by atoms with E-state index < -0.39 is 16.0 Å². The van der Waals surface area contributed by atoms with E-state index in [1.807, 2.05) is 0 Å². The standard InChI is InChI=1S/C9H13NO5S/c1-10(2,6-16(13,14)15)7-3-4-8(11)9(12)5-7/h3-5H,6H2,1-2H3,(H2-,11,12,13,14,15)/p+1. The summed E-state index contributed by atoms with van der Waals surface area (Å²) in [6.45, 7) is 0. The Hall–Kier alpha value is -1.31. The second-order valence-corrected chi connectivity index (χ2v) is 5.49. The molecule has 0 aliphatic rings. The first kappa shape index (κ1) is 12.8. The SMILES string of the molecule is C[N+](C)(CS(=O)(=O)O)c1ccc(O)c(O)c1. The molecule has 0 aliphatic heterocycles. The highest BCUT2D eigenvalue weighted by Crippen LogP contribution is 2.31. The van der Waals surface area contributed by atoms with Crippen LogP contribution in [0.1, 0.15) is 0 Å². The van der Waals surface area contributed by atoms with Gasteiger partial charge in [0, 0.05) is 12.1 Å². The molecule has 0 unspecified atom stereocenters. The van der Waals surface area contributed by atoms with Gasteiger partial charge in [0.05, 0.1) is 14.1 Å². The van der Waals surface area contributed by atoms with Gasteiger partial charge in [0.15, 0.2) is 11.5 Å². The lowest BCUT2D eigenvalue weighted by molar-refractivity contribution is 0.392. The molecular weight excluding hydrogens is 234 g/mol. The molecule has 0 radical (unpaired) electrons. The van der Waals surface area contributed by atoms with E-state index in [2.05, 4.69) is 0 Å². The van der Waals surface area contributed by atoms with E-state index in [0.29, 0.717) is 5.69 Å². The quantitative estimate of drug-likeness (QED) is 0.411. The third kappa shape index (κ3) is 3.09. The summed E-state index contributed by atoms with van der Waals surface area (Å²) in [4.78, 5) is 0. The van der Waals surface area contributed by atoms with Crippen LogP contribution in [0, 0.1) is 0 Å². The fourth-order valence-corrected chi connectivity index (χ4v) is 2.34. The Bertz CT molecular complexity index is 495. The average Bonchev–Trinajstić information content (AvgIpc) is 2.05. The van der Waals surface area contributed by atoms with E-state index in [9.17, 15) is 13.5 Å². The molecule has 0 spiro atoms. The van der Waals surface area contributed by atoms with E-state index >= 15 is 0 Å². The van der Waals surface area contributed by atoms with Gasteiger partial charge in [0.25, 0.3) is 0 Å². The van der Waals surface area contributed by atoms with Crippen LogP contribution in [0.4, 0.5) is 5.69 Å². The van der Waals surface area contributed by atoms with Gasteiger partial charge in [-0.2, -0.15) is 8.42 Å². The molecule has 7 heteroatoms. The summed E-state index contributed by atoms with van der Waals surface area (Å²) in [5.41, 5.74) is 0.452. The van der Waals surface area contributed by atoms with Crippen LogP contribution < -0.4 is 4.48 Å². The van der Waals surface area contributed by atoms with E-state index in [1.54, 1.807) is 14.1 Å². The Morgan fingerprint density at radius 2 is 1.75 bits per heavy atom. The second-order valence-electron chi connectivity index (χ2n) is 4.07. The third-order valence-electron chi connectivity index (χ3n) is 2.14. The summed E-state index contributed by atoms with van der Waals surface area (Å²) in [5, 5.41) is 18.4.